The van der Waals surface area contributed by atoms with Crippen LogP contribution in [-0.4, -0.2) is 12.6 Å². The topological polar surface area (TPSA) is 52.3 Å². The molecule has 2 aromatic rings. The van der Waals surface area contributed by atoms with Crippen molar-refractivity contribution in [3.05, 3.63) is 65.2 Å². The molecule has 0 aliphatic rings. The van der Waals surface area contributed by atoms with E-state index in [9.17, 15) is 4.79 Å². The van der Waals surface area contributed by atoms with Crippen LogP contribution in [0.15, 0.2) is 48.5 Å². The number of carbonyl (C=O) groups is 1. The summed E-state index contributed by atoms with van der Waals surface area (Å²) in [5.41, 5.74) is 9.31. The van der Waals surface area contributed by atoms with Gasteiger partial charge in [0, 0.05) is 5.69 Å². The quantitative estimate of drug-likeness (QED) is 0.669. The highest BCUT2D eigenvalue weighted by atomic mass is 16.5. The van der Waals surface area contributed by atoms with Crippen molar-refractivity contribution < 1.29 is 9.53 Å². The van der Waals surface area contributed by atoms with E-state index in [1.165, 1.54) is 5.56 Å². The van der Waals surface area contributed by atoms with Gasteiger partial charge < -0.3 is 10.5 Å². The Bertz CT molecular complexity index is 576. The summed E-state index contributed by atoms with van der Waals surface area (Å²) in [6.07, 6.45) is 1.68. The highest BCUT2D eigenvalue weighted by Crippen LogP contribution is 2.14. The highest BCUT2D eigenvalue weighted by Gasteiger charge is 2.11. The first kappa shape index (κ1) is 14.1. The minimum atomic E-state index is -0.250. The Labute approximate surface area is 119 Å². The molecular formula is C17H19NO2. The van der Waals surface area contributed by atoms with Gasteiger partial charge in [0.2, 0.25) is 0 Å². The number of nitrogen functional groups attached to an aromatic ring is 1. The van der Waals surface area contributed by atoms with E-state index >= 15 is 0 Å². The van der Waals surface area contributed by atoms with Crippen LogP contribution in [0.5, 0.6) is 0 Å². The summed E-state index contributed by atoms with van der Waals surface area (Å²) in [6, 6.07) is 15.4. The number of nitrogens with two attached hydrogens (primary N) is 1. The van der Waals surface area contributed by atoms with Gasteiger partial charge in [-0.1, -0.05) is 30.3 Å². The predicted octanol–water partition coefficient (Wildman–Crippen LogP) is 3.23. The van der Waals surface area contributed by atoms with E-state index < -0.39 is 0 Å². The summed E-state index contributed by atoms with van der Waals surface area (Å²) in [6.45, 7) is 2.21. The molecule has 0 heterocycles. The second-order valence-corrected chi connectivity index (χ2v) is 4.62. The molecule has 2 rings (SSSR count). The minimum Gasteiger partial charge on any atom is -0.462 e. The van der Waals surface area contributed by atoms with Crippen molar-refractivity contribution in [2.75, 3.05) is 12.3 Å². The lowest BCUT2D eigenvalue weighted by Crippen LogP contribution is -2.08. The van der Waals surface area contributed by atoms with E-state index in [-0.39, 0.29) is 5.97 Å². The lowest BCUT2D eigenvalue weighted by atomic mass is 10.00. The Hall–Kier alpha value is -2.29. The standard InChI is InChI=1S/C17H19NO2/c1-2-20-17(19)16-6-4-3-5-14(16)10-7-13-8-11-15(18)12-9-13/h3-6,8-9,11-12H,2,7,10,18H2,1H3. The molecule has 0 radical (unpaired) electrons. The summed E-state index contributed by atoms with van der Waals surface area (Å²) in [4.78, 5) is 11.9. The number of aryl methyl sites for hydroxylation is 2. The molecule has 104 valence electrons. The first-order valence-electron chi connectivity index (χ1n) is 6.80. The second-order valence-electron chi connectivity index (χ2n) is 4.62. The Morgan fingerprint density at radius 1 is 1.05 bits per heavy atom. The van der Waals surface area contributed by atoms with Gasteiger partial charge >= 0.3 is 5.97 Å². The largest absolute Gasteiger partial charge is 0.462 e. The normalized spacial score (nSPS) is 10.2. The van der Waals surface area contributed by atoms with Crippen LogP contribution in [0.3, 0.4) is 0 Å². The van der Waals surface area contributed by atoms with Crippen molar-refractivity contribution in [2.45, 2.75) is 19.8 Å². The fraction of sp³-hybridized carbons (Fsp3) is 0.235. The molecule has 20 heavy (non-hydrogen) atoms. The zero-order chi connectivity index (χ0) is 14.4. The molecule has 3 heteroatoms. The van der Waals surface area contributed by atoms with Crippen LogP contribution in [0.1, 0.15) is 28.4 Å². The van der Waals surface area contributed by atoms with Gasteiger partial charge in [-0.15, -0.1) is 0 Å². The molecule has 2 N–H and O–H groups in total. The van der Waals surface area contributed by atoms with E-state index in [1.807, 2.05) is 55.5 Å². The summed E-state index contributed by atoms with van der Waals surface area (Å²) >= 11 is 0. The molecule has 0 unspecified atom stereocenters. The number of benzene rings is 2. The molecule has 0 spiro atoms. The maximum atomic E-state index is 11.9. The van der Waals surface area contributed by atoms with Crippen LogP contribution in [-0.2, 0) is 17.6 Å². The van der Waals surface area contributed by atoms with Gasteiger partial charge in [0.1, 0.15) is 0 Å². The van der Waals surface area contributed by atoms with Crippen molar-refractivity contribution in [3.8, 4) is 0 Å². The maximum absolute atomic E-state index is 11.9. The molecule has 0 atom stereocenters. The highest BCUT2D eigenvalue weighted by molar-refractivity contribution is 5.91. The molecule has 0 bridgehead atoms. The number of rotatable bonds is 5. The zero-order valence-corrected chi connectivity index (χ0v) is 11.6. The van der Waals surface area contributed by atoms with Gasteiger partial charge in [0.05, 0.1) is 12.2 Å². The fourth-order valence-electron chi connectivity index (χ4n) is 2.11. The number of ether oxygens (including phenoxy) is 1. The van der Waals surface area contributed by atoms with E-state index in [0.29, 0.717) is 12.2 Å². The summed E-state index contributed by atoms with van der Waals surface area (Å²) in [7, 11) is 0. The molecule has 2 aromatic carbocycles. The van der Waals surface area contributed by atoms with Crippen molar-refractivity contribution in [1.29, 1.82) is 0 Å². The van der Waals surface area contributed by atoms with E-state index in [4.69, 9.17) is 10.5 Å². The van der Waals surface area contributed by atoms with Crippen LogP contribution >= 0.6 is 0 Å². The van der Waals surface area contributed by atoms with E-state index in [0.717, 1.165) is 24.1 Å². The molecule has 0 amide bonds. The van der Waals surface area contributed by atoms with Crippen molar-refractivity contribution in [3.63, 3.8) is 0 Å². The van der Waals surface area contributed by atoms with Crippen LogP contribution in [0, 0.1) is 0 Å². The van der Waals surface area contributed by atoms with Crippen LogP contribution < -0.4 is 5.73 Å². The molecule has 0 saturated heterocycles. The first-order valence-corrected chi connectivity index (χ1v) is 6.80. The number of carbonyl (C=O) groups excluding carboxylic acids is 1. The average molecular weight is 269 g/mol. The van der Waals surface area contributed by atoms with E-state index in [1.54, 1.807) is 0 Å². The maximum Gasteiger partial charge on any atom is 0.338 e. The van der Waals surface area contributed by atoms with Gasteiger partial charge in [-0.2, -0.15) is 0 Å². The molecule has 3 nitrogen and oxygen atoms in total. The molecule has 0 aliphatic carbocycles. The van der Waals surface area contributed by atoms with Crippen LogP contribution in [0.2, 0.25) is 0 Å². The Kier molecular flexibility index (Phi) is 4.77. The lowest BCUT2D eigenvalue weighted by molar-refractivity contribution is 0.0525. The second kappa shape index (κ2) is 6.75. The van der Waals surface area contributed by atoms with Gasteiger partial charge in [-0.05, 0) is 49.1 Å². The van der Waals surface area contributed by atoms with Gasteiger partial charge in [0.25, 0.3) is 0 Å². The average Bonchev–Trinajstić information content (AvgIpc) is 2.47. The third kappa shape index (κ3) is 3.60. The van der Waals surface area contributed by atoms with Crippen molar-refractivity contribution in [2.24, 2.45) is 0 Å². The Morgan fingerprint density at radius 3 is 2.45 bits per heavy atom. The predicted molar refractivity (Wildman–Crippen MR) is 80.7 cm³/mol. The third-order valence-electron chi connectivity index (χ3n) is 3.18. The molecule has 0 saturated carbocycles. The number of esters is 1. The van der Waals surface area contributed by atoms with Gasteiger partial charge in [-0.3, -0.25) is 0 Å². The SMILES string of the molecule is CCOC(=O)c1ccccc1CCc1ccc(N)cc1. The van der Waals surface area contributed by atoms with Crippen molar-refractivity contribution in [1.82, 2.24) is 0 Å². The number of hydrogen-bond acceptors (Lipinski definition) is 3. The lowest BCUT2D eigenvalue weighted by Gasteiger charge is -2.09. The van der Waals surface area contributed by atoms with E-state index in [2.05, 4.69) is 0 Å². The molecule has 0 aliphatic heterocycles. The van der Waals surface area contributed by atoms with Crippen molar-refractivity contribution >= 4 is 11.7 Å². The van der Waals surface area contributed by atoms with Gasteiger partial charge in [0.15, 0.2) is 0 Å². The molecule has 0 fully saturated rings. The number of anilines is 1. The van der Waals surface area contributed by atoms with Crippen LogP contribution in [0.4, 0.5) is 5.69 Å². The molecular weight excluding hydrogens is 250 g/mol. The first-order chi connectivity index (χ1) is 9.70. The molecule has 0 aromatic heterocycles. The smallest absolute Gasteiger partial charge is 0.338 e. The zero-order valence-electron chi connectivity index (χ0n) is 11.6. The summed E-state index contributed by atoms with van der Waals surface area (Å²) < 4.78 is 5.08. The summed E-state index contributed by atoms with van der Waals surface area (Å²) in [5.74, 6) is -0.250. The monoisotopic (exact) mass is 269 g/mol. The van der Waals surface area contributed by atoms with Gasteiger partial charge in [-0.25, -0.2) is 4.79 Å². The third-order valence-corrected chi connectivity index (χ3v) is 3.18. The Morgan fingerprint density at radius 2 is 1.75 bits per heavy atom. The minimum absolute atomic E-state index is 0.250. The Balaban J connectivity index is 2.09. The fourth-order valence-corrected chi connectivity index (χ4v) is 2.11. The summed E-state index contributed by atoms with van der Waals surface area (Å²) in [5, 5.41) is 0. The number of hydrogen-bond donors (Lipinski definition) is 1. The van der Waals surface area contributed by atoms with Crippen LogP contribution in [0.25, 0.3) is 0 Å².